The van der Waals surface area contributed by atoms with Gasteiger partial charge >= 0.3 is 6.18 Å². The van der Waals surface area contributed by atoms with Crippen LogP contribution in [-0.4, -0.2) is 45.6 Å². The Morgan fingerprint density at radius 3 is 2.51 bits per heavy atom. The van der Waals surface area contributed by atoms with Crippen LogP contribution in [0.25, 0.3) is 5.69 Å². The van der Waals surface area contributed by atoms with Crippen molar-refractivity contribution in [3.63, 3.8) is 0 Å². The SMILES string of the molecule is CN(SOc1ccc(C(F)(F)F)cc1)N1CCC2Cc3c(cnn3-c3ccc(F)cc3)CC2(C=O)C1.S. The summed E-state index contributed by atoms with van der Waals surface area (Å²) in [6, 6.07) is 10.7. The molecule has 1 aromatic heterocycles. The van der Waals surface area contributed by atoms with Crippen molar-refractivity contribution in [2.24, 2.45) is 11.3 Å². The highest BCUT2D eigenvalue weighted by atomic mass is 32.2. The maximum Gasteiger partial charge on any atom is 0.416 e. The van der Waals surface area contributed by atoms with Crippen molar-refractivity contribution >= 4 is 32.0 Å². The molecule has 6 nitrogen and oxygen atoms in total. The summed E-state index contributed by atoms with van der Waals surface area (Å²) >= 11 is 1.00. The lowest BCUT2D eigenvalue weighted by Gasteiger charge is -2.49. The van der Waals surface area contributed by atoms with Crippen LogP contribution in [0.3, 0.4) is 0 Å². The first-order chi connectivity index (χ1) is 17.2. The van der Waals surface area contributed by atoms with E-state index >= 15 is 0 Å². The summed E-state index contributed by atoms with van der Waals surface area (Å²) in [7, 11) is 1.80. The second-order valence-electron chi connectivity index (χ2n) is 9.25. The first-order valence-corrected chi connectivity index (χ1v) is 12.2. The van der Waals surface area contributed by atoms with Crippen molar-refractivity contribution in [3.8, 4) is 11.4 Å². The Morgan fingerprint density at radius 1 is 1.16 bits per heavy atom. The number of hydrogen-bond acceptors (Lipinski definition) is 6. The smallest absolute Gasteiger partial charge is 0.409 e. The molecule has 2 aliphatic rings. The summed E-state index contributed by atoms with van der Waals surface area (Å²) in [4.78, 5) is 12.5. The van der Waals surface area contributed by atoms with Gasteiger partial charge < -0.3 is 8.98 Å². The van der Waals surface area contributed by atoms with E-state index in [9.17, 15) is 22.4 Å². The van der Waals surface area contributed by atoms with Crippen molar-refractivity contribution in [3.05, 3.63) is 77.4 Å². The number of hydrazine groups is 1. The summed E-state index contributed by atoms with van der Waals surface area (Å²) in [6.07, 6.45) is 0.455. The van der Waals surface area contributed by atoms with E-state index in [4.69, 9.17) is 4.18 Å². The van der Waals surface area contributed by atoms with E-state index in [0.717, 1.165) is 54.0 Å². The molecule has 0 spiro atoms. The number of aromatic nitrogens is 2. The number of rotatable bonds is 6. The van der Waals surface area contributed by atoms with Crippen molar-refractivity contribution in [1.82, 2.24) is 19.2 Å². The van der Waals surface area contributed by atoms with Crippen LogP contribution in [0.5, 0.6) is 5.75 Å². The van der Waals surface area contributed by atoms with Gasteiger partial charge in [-0.2, -0.15) is 36.2 Å². The number of nitrogens with zero attached hydrogens (tertiary/aromatic N) is 4. The Balaban J connectivity index is 0.00000320. The predicted octanol–water partition coefficient (Wildman–Crippen LogP) is 5.24. The van der Waals surface area contributed by atoms with E-state index in [1.807, 2.05) is 9.69 Å². The molecule has 0 radical (unpaired) electrons. The van der Waals surface area contributed by atoms with E-state index in [1.165, 1.54) is 24.3 Å². The molecule has 198 valence electrons. The molecule has 2 unspecified atom stereocenters. The number of carbonyl (C=O) groups is 1. The van der Waals surface area contributed by atoms with Gasteiger partial charge in [0.2, 0.25) is 0 Å². The third-order valence-electron chi connectivity index (χ3n) is 7.07. The summed E-state index contributed by atoms with van der Waals surface area (Å²) in [6.45, 7) is 1.18. The molecule has 3 aromatic rings. The standard InChI is InChI=1S/C25H24F4N4O2S.H2S/c1-31(36-35-22-8-2-18(3-9-22)25(27,28)29)32-11-10-19-12-23-17(13-24(19,15-32)16-34)14-30-33(23)21-6-4-20(26)5-7-21;/h2-9,14,16,19H,10-13,15H2,1H3;1H2. The van der Waals surface area contributed by atoms with Crippen LogP contribution in [0.4, 0.5) is 17.6 Å². The van der Waals surface area contributed by atoms with Crippen LogP contribution in [0.2, 0.25) is 0 Å². The topological polar surface area (TPSA) is 50.6 Å². The van der Waals surface area contributed by atoms with Crippen LogP contribution in [0.15, 0.2) is 54.7 Å². The fraction of sp³-hybridized carbons (Fsp3) is 0.360. The van der Waals surface area contributed by atoms with Gasteiger partial charge in [0.25, 0.3) is 0 Å². The molecule has 0 saturated carbocycles. The molecule has 1 saturated heterocycles. The van der Waals surface area contributed by atoms with E-state index in [2.05, 4.69) is 5.10 Å². The molecule has 1 fully saturated rings. The first kappa shape index (κ1) is 27.5. The molecule has 0 amide bonds. The Hall–Kier alpha value is -2.54. The molecule has 0 N–H and O–H groups in total. The predicted molar refractivity (Wildman–Crippen MR) is 137 cm³/mol. The maximum absolute atomic E-state index is 13.4. The number of piperidine rings is 1. The van der Waals surface area contributed by atoms with Gasteiger partial charge in [0.15, 0.2) is 12.2 Å². The number of carbonyl (C=O) groups excluding carboxylic acids is 1. The zero-order valence-electron chi connectivity index (χ0n) is 19.9. The quantitative estimate of drug-likeness (QED) is 0.180. The highest BCUT2D eigenvalue weighted by molar-refractivity contribution is 7.92. The molecule has 1 aliphatic carbocycles. The highest BCUT2D eigenvalue weighted by Gasteiger charge is 2.48. The lowest BCUT2D eigenvalue weighted by atomic mass is 9.63. The summed E-state index contributed by atoms with van der Waals surface area (Å²) < 4.78 is 60.9. The van der Waals surface area contributed by atoms with Gasteiger partial charge in [-0.25, -0.2) is 14.1 Å². The van der Waals surface area contributed by atoms with E-state index in [-0.39, 0.29) is 25.2 Å². The molecule has 2 atom stereocenters. The number of hydrogen-bond donors (Lipinski definition) is 0. The number of fused-ring (bicyclic) bond motifs is 2. The molecular formula is C25H26F4N4O2S2. The Bertz CT molecular complexity index is 1240. The molecule has 12 heteroatoms. The minimum atomic E-state index is -4.40. The fourth-order valence-corrected chi connectivity index (χ4v) is 5.61. The molecule has 0 bridgehead atoms. The minimum Gasteiger partial charge on any atom is -0.409 e. The fourth-order valence-electron chi connectivity index (χ4n) is 5.07. The van der Waals surface area contributed by atoms with Gasteiger partial charge in [-0.1, -0.05) is 0 Å². The normalized spacial score (nSPS) is 21.6. The molecule has 2 heterocycles. The monoisotopic (exact) mass is 554 g/mol. The Kier molecular flexibility index (Phi) is 7.93. The van der Waals surface area contributed by atoms with Crippen LogP contribution < -0.4 is 4.18 Å². The van der Waals surface area contributed by atoms with Gasteiger partial charge in [-0.05, 0) is 79.3 Å². The van der Waals surface area contributed by atoms with E-state index < -0.39 is 17.2 Å². The lowest BCUT2D eigenvalue weighted by Crippen LogP contribution is -2.56. The molecule has 2 aromatic carbocycles. The zero-order valence-corrected chi connectivity index (χ0v) is 21.7. The second-order valence-corrected chi connectivity index (χ2v) is 10.1. The van der Waals surface area contributed by atoms with Crippen molar-refractivity contribution < 1.29 is 26.5 Å². The van der Waals surface area contributed by atoms with Crippen molar-refractivity contribution in [2.45, 2.75) is 25.4 Å². The van der Waals surface area contributed by atoms with Crippen LogP contribution in [0, 0.1) is 17.2 Å². The van der Waals surface area contributed by atoms with Gasteiger partial charge in [-0.3, -0.25) is 0 Å². The number of halogens is 4. The lowest BCUT2D eigenvalue weighted by molar-refractivity contribution is -0.137. The van der Waals surface area contributed by atoms with Gasteiger partial charge in [-0.15, -0.1) is 0 Å². The van der Waals surface area contributed by atoms with Gasteiger partial charge in [0.1, 0.15) is 17.9 Å². The van der Waals surface area contributed by atoms with Gasteiger partial charge in [0.05, 0.1) is 17.4 Å². The Morgan fingerprint density at radius 2 is 1.86 bits per heavy atom. The average molecular weight is 555 g/mol. The molecular weight excluding hydrogens is 528 g/mol. The molecule has 37 heavy (non-hydrogen) atoms. The highest BCUT2D eigenvalue weighted by Crippen LogP contribution is 2.45. The number of aldehydes is 1. The first-order valence-electron chi connectivity index (χ1n) is 11.5. The van der Waals surface area contributed by atoms with E-state index in [1.54, 1.807) is 29.8 Å². The van der Waals surface area contributed by atoms with Gasteiger partial charge in [0, 0.05) is 31.2 Å². The number of alkyl halides is 3. The minimum absolute atomic E-state index is 0. The number of benzene rings is 2. The largest absolute Gasteiger partial charge is 0.416 e. The Labute approximate surface area is 223 Å². The van der Waals surface area contributed by atoms with Crippen molar-refractivity contribution in [1.29, 1.82) is 0 Å². The van der Waals surface area contributed by atoms with Crippen LogP contribution in [-0.2, 0) is 23.8 Å². The summed E-state index contributed by atoms with van der Waals surface area (Å²) in [5.41, 5.74) is 1.50. The van der Waals surface area contributed by atoms with Crippen LogP contribution in [0.1, 0.15) is 23.2 Å². The van der Waals surface area contributed by atoms with Crippen LogP contribution >= 0.6 is 25.7 Å². The van der Waals surface area contributed by atoms with E-state index in [0.29, 0.717) is 31.7 Å². The van der Waals surface area contributed by atoms with Crippen molar-refractivity contribution in [2.75, 3.05) is 20.1 Å². The second kappa shape index (κ2) is 10.7. The average Bonchev–Trinajstić information content (AvgIpc) is 3.27. The molecule has 5 rings (SSSR count). The maximum atomic E-state index is 13.4. The third kappa shape index (κ3) is 5.52. The molecule has 1 aliphatic heterocycles. The summed E-state index contributed by atoms with van der Waals surface area (Å²) in [5, 5.41) is 6.54. The third-order valence-corrected chi connectivity index (χ3v) is 7.78. The summed E-state index contributed by atoms with van der Waals surface area (Å²) in [5.74, 6) is 0.121. The zero-order chi connectivity index (χ0) is 25.5.